The van der Waals surface area contributed by atoms with E-state index in [1.165, 1.54) is 0 Å². The summed E-state index contributed by atoms with van der Waals surface area (Å²) in [5.41, 5.74) is -6.29. The standard InChI is InChI=1S/C33H48O13/c1-6-18(2)16-19(3)12-13-23(34)44-26-25(36)31(15-14-20(4)24(35)21(5)17-22-10-8-7-9-11-22)45-27(28(37)38)32(43,29(39)40)33(26,46-31)30(41)42/h7-11,18-21,24-27,35-36,43H,6,12-17H2,1-5H3,(H,37,38)(H,39,40)(H,41,42)/t18-,19+,20-,21+,24+,25+,26+,27+,31-,32+,33-/m0/s1. The Morgan fingerprint density at radius 2 is 1.57 bits per heavy atom. The molecule has 1 aromatic carbocycles. The van der Waals surface area contributed by atoms with Crippen LogP contribution in [0, 0.1) is 23.7 Å². The maximum Gasteiger partial charge on any atom is 0.344 e. The normalized spacial score (nSPS) is 32.1. The van der Waals surface area contributed by atoms with Gasteiger partial charge < -0.3 is 44.8 Å². The van der Waals surface area contributed by atoms with Crippen LogP contribution in [-0.2, 0) is 39.8 Å². The summed E-state index contributed by atoms with van der Waals surface area (Å²) in [7, 11) is 0. The Morgan fingerprint density at radius 1 is 0.935 bits per heavy atom. The second-order valence-corrected chi connectivity index (χ2v) is 13.3. The predicted molar refractivity (Wildman–Crippen MR) is 161 cm³/mol. The molecule has 0 saturated carbocycles. The molecular weight excluding hydrogens is 604 g/mol. The first-order chi connectivity index (χ1) is 21.5. The van der Waals surface area contributed by atoms with Gasteiger partial charge in [0.1, 0.15) is 6.10 Å². The molecule has 2 bridgehead atoms. The summed E-state index contributed by atoms with van der Waals surface area (Å²) in [6.07, 6.45) is -6.26. The van der Waals surface area contributed by atoms with E-state index in [4.69, 9.17) is 14.2 Å². The van der Waals surface area contributed by atoms with Gasteiger partial charge in [0, 0.05) is 12.8 Å². The zero-order valence-electron chi connectivity index (χ0n) is 27.0. The van der Waals surface area contributed by atoms with Gasteiger partial charge in [-0.25, -0.2) is 14.4 Å². The van der Waals surface area contributed by atoms with Gasteiger partial charge in [-0.1, -0.05) is 71.4 Å². The molecule has 13 nitrogen and oxygen atoms in total. The number of rotatable bonds is 17. The summed E-state index contributed by atoms with van der Waals surface area (Å²) in [5.74, 6) is -10.3. The zero-order valence-corrected chi connectivity index (χ0v) is 27.0. The van der Waals surface area contributed by atoms with Crippen LogP contribution in [-0.4, -0.2) is 95.9 Å². The number of esters is 1. The van der Waals surface area contributed by atoms with Crippen molar-refractivity contribution in [2.45, 2.75) is 121 Å². The van der Waals surface area contributed by atoms with Crippen LogP contribution < -0.4 is 0 Å². The Morgan fingerprint density at radius 3 is 2.11 bits per heavy atom. The molecule has 2 heterocycles. The smallest absolute Gasteiger partial charge is 0.344 e. The van der Waals surface area contributed by atoms with Crippen LogP contribution in [0.4, 0.5) is 0 Å². The molecule has 13 heteroatoms. The third-order valence-electron chi connectivity index (χ3n) is 9.72. The molecule has 2 fully saturated rings. The number of carbonyl (C=O) groups excluding carboxylic acids is 1. The fourth-order valence-electron chi connectivity index (χ4n) is 6.75. The number of carboxylic acid groups (broad SMARTS) is 3. The van der Waals surface area contributed by atoms with E-state index in [1.807, 2.05) is 51.1 Å². The van der Waals surface area contributed by atoms with Gasteiger partial charge in [0.2, 0.25) is 23.1 Å². The molecule has 0 radical (unpaired) electrons. The summed E-state index contributed by atoms with van der Waals surface area (Å²) in [6, 6.07) is 9.45. The fraction of sp³-hybridized carbons (Fsp3) is 0.697. The van der Waals surface area contributed by atoms with Crippen LogP contribution >= 0.6 is 0 Å². The minimum Gasteiger partial charge on any atom is -0.479 e. The minimum absolute atomic E-state index is 0.0152. The van der Waals surface area contributed by atoms with Crippen molar-refractivity contribution in [1.29, 1.82) is 0 Å². The van der Waals surface area contributed by atoms with Crippen molar-refractivity contribution in [3.8, 4) is 0 Å². The summed E-state index contributed by atoms with van der Waals surface area (Å²) in [6.45, 7) is 9.56. The number of aliphatic hydroxyl groups excluding tert-OH is 2. The molecule has 11 atom stereocenters. The summed E-state index contributed by atoms with van der Waals surface area (Å²) in [5, 5.41) is 64.3. The highest BCUT2D eigenvalue weighted by Gasteiger charge is 2.85. The lowest BCUT2D eigenvalue weighted by molar-refractivity contribution is -0.374. The number of aliphatic hydroxyl groups is 3. The number of carboxylic acids is 3. The number of hydrogen-bond acceptors (Lipinski definition) is 10. The number of carbonyl (C=O) groups is 4. The highest BCUT2D eigenvalue weighted by molar-refractivity contribution is 5.98. The SMILES string of the molecule is CC[C@H](C)C[C@H](C)CCC(=O)O[C@@H]1[C@@H](O)[C@@]2(CC[C@H](C)[C@@H](O)[C@H](C)Cc3ccccc3)O[C@H](C(=O)O)[C@@](O)(C(=O)O)[C@]1(C(=O)O)O2. The Kier molecular flexibility index (Phi) is 12.0. The third kappa shape index (κ3) is 7.08. The zero-order chi connectivity index (χ0) is 34.6. The van der Waals surface area contributed by atoms with Gasteiger partial charge >= 0.3 is 23.9 Å². The molecule has 2 aliphatic heterocycles. The molecule has 46 heavy (non-hydrogen) atoms. The minimum atomic E-state index is -3.82. The van der Waals surface area contributed by atoms with Crippen molar-refractivity contribution in [3.63, 3.8) is 0 Å². The molecule has 0 aromatic heterocycles. The highest BCUT2D eigenvalue weighted by atomic mass is 16.8. The quantitative estimate of drug-likeness (QED) is 0.134. The molecule has 6 N–H and O–H groups in total. The van der Waals surface area contributed by atoms with Crippen LogP contribution in [0.3, 0.4) is 0 Å². The van der Waals surface area contributed by atoms with Crippen LogP contribution in [0.5, 0.6) is 0 Å². The van der Waals surface area contributed by atoms with E-state index in [-0.39, 0.29) is 24.7 Å². The van der Waals surface area contributed by atoms with Crippen molar-refractivity contribution in [2.24, 2.45) is 23.7 Å². The molecule has 258 valence electrons. The molecule has 1 aromatic rings. The highest BCUT2D eigenvalue weighted by Crippen LogP contribution is 2.56. The van der Waals surface area contributed by atoms with Crippen LogP contribution in [0.25, 0.3) is 0 Å². The van der Waals surface area contributed by atoms with Gasteiger partial charge in [-0.3, -0.25) is 4.79 Å². The maximum absolute atomic E-state index is 13.0. The first-order valence-electron chi connectivity index (χ1n) is 15.9. The van der Waals surface area contributed by atoms with Crippen molar-refractivity contribution < 1.29 is 64.0 Å². The van der Waals surface area contributed by atoms with Gasteiger partial charge in [-0.15, -0.1) is 0 Å². The lowest BCUT2D eigenvalue weighted by atomic mass is 9.74. The summed E-state index contributed by atoms with van der Waals surface area (Å²) in [4.78, 5) is 50.7. The van der Waals surface area contributed by atoms with Gasteiger partial charge in [0.15, 0.2) is 6.10 Å². The van der Waals surface area contributed by atoms with Gasteiger partial charge in [-0.2, -0.15) is 0 Å². The van der Waals surface area contributed by atoms with Gasteiger partial charge in [0.05, 0.1) is 6.10 Å². The first-order valence-corrected chi connectivity index (χ1v) is 15.9. The van der Waals surface area contributed by atoms with Crippen molar-refractivity contribution in [1.82, 2.24) is 0 Å². The van der Waals surface area contributed by atoms with Crippen LogP contribution in [0.15, 0.2) is 30.3 Å². The molecular formula is C33H48O13. The number of benzene rings is 1. The maximum atomic E-state index is 13.0. The Hall–Kier alpha value is -3.10. The lowest BCUT2D eigenvalue weighted by Gasteiger charge is -2.48. The molecule has 0 unspecified atom stereocenters. The lowest BCUT2D eigenvalue weighted by Crippen LogP contribution is -2.78. The second-order valence-electron chi connectivity index (χ2n) is 13.3. The van der Waals surface area contributed by atoms with E-state index < -0.39 is 77.6 Å². The van der Waals surface area contributed by atoms with E-state index in [0.717, 1.165) is 18.4 Å². The number of fused-ring (bicyclic) bond motifs is 2. The topological polar surface area (TPSA) is 217 Å². The average molecular weight is 653 g/mol. The molecule has 3 rings (SSSR count). The van der Waals surface area contributed by atoms with E-state index in [2.05, 4.69) is 6.92 Å². The summed E-state index contributed by atoms with van der Waals surface area (Å²) >= 11 is 0. The van der Waals surface area contributed by atoms with Crippen molar-refractivity contribution in [3.05, 3.63) is 35.9 Å². The molecule has 0 amide bonds. The number of aliphatic carboxylic acids is 3. The average Bonchev–Trinajstić information content (AvgIpc) is 3.22. The van der Waals surface area contributed by atoms with Crippen molar-refractivity contribution in [2.75, 3.05) is 0 Å². The van der Waals surface area contributed by atoms with E-state index in [1.54, 1.807) is 6.92 Å². The monoisotopic (exact) mass is 652 g/mol. The third-order valence-corrected chi connectivity index (χ3v) is 9.72. The molecule has 2 saturated heterocycles. The Labute approximate surface area is 268 Å². The fourth-order valence-corrected chi connectivity index (χ4v) is 6.75. The second kappa shape index (κ2) is 14.8. The van der Waals surface area contributed by atoms with Gasteiger partial charge in [0.25, 0.3) is 0 Å². The van der Waals surface area contributed by atoms with E-state index in [9.17, 15) is 49.8 Å². The van der Waals surface area contributed by atoms with Crippen LogP contribution in [0.1, 0.15) is 78.7 Å². The van der Waals surface area contributed by atoms with Crippen molar-refractivity contribution >= 4 is 23.9 Å². The summed E-state index contributed by atoms with van der Waals surface area (Å²) < 4.78 is 16.6. The number of ether oxygens (including phenoxy) is 3. The Bertz CT molecular complexity index is 1240. The largest absolute Gasteiger partial charge is 0.479 e. The van der Waals surface area contributed by atoms with Gasteiger partial charge in [-0.05, 0) is 54.9 Å². The molecule has 0 spiro atoms. The molecule has 2 aliphatic rings. The molecule has 0 aliphatic carbocycles. The van der Waals surface area contributed by atoms with Crippen LogP contribution in [0.2, 0.25) is 0 Å². The van der Waals surface area contributed by atoms with E-state index in [0.29, 0.717) is 18.8 Å². The predicted octanol–water partition coefficient (Wildman–Crippen LogP) is 2.62. The van der Waals surface area contributed by atoms with E-state index >= 15 is 0 Å². The Balaban J connectivity index is 1.92. The number of hydrogen-bond donors (Lipinski definition) is 6. The first kappa shape index (κ1) is 37.4.